The molecule has 2 aromatic heterocycles. The zero-order valence-corrected chi connectivity index (χ0v) is 21.7. The molecule has 0 spiro atoms. The Kier molecular flexibility index (Phi) is 8.09. The number of halogens is 1. The predicted octanol–water partition coefficient (Wildman–Crippen LogP) is 7.27. The summed E-state index contributed by atoms with van der Waals surface area (Å²) >= 11 is 0. The van der Waals surface area contributed by atoms with Gasteiger partial charge in [-0.3, -0.25) is 18.9 Å². The van der Waals surface area contributed by atoms with Crippen LogP contribution in [0.1, 0.15) is 85.5 Å². The third-order valence-corrected chi connectivity index (χ3v) is 9.65. The van der Waals surface area contributed by atoms with Crippen LogP contribution in [0.3, 0.4) is 0 Å². The number of ketones is 1. The summed E-state index contributed by atoms with van der Waals surface area (Å²) in [6.45, 7) is 8.88. The highest BCUT2D eigenvalue weighted by atomic mass is 19.1. The molecule has 34 heavy (non-hydrogen) atoms. The first-order valence-electron chi connectivity index (χ1n) is 13.9. The summed E-state index contributed by atoms with van der Waals surface area (Å²) in [6.07, 6.45) is 13.9. The van der Waals surface area contributed by atoms with E-state index in [1.165, 1.54) is 38.5 Å². The van der Waals surface area contributed by atoms with E-state index >= 15 is 0 Å². The number of Topliss-reactive ketones (excluding diaryl/α,β-unsaturated/α-hetero) is 1. The molecule has 0 aliphatic heterocycles. The molecule has 3 saturated carbocycles. The molecule has 0 N–H and O–H groups in total. The summed E-state index contributed by atoms with van der Waals surface area (Å²) < 4.78 is 15.0. The van der Waals surface area contributed by atoms with Crippen LogP contribution < -0.4 is 0 Å². The van der Waals surface area contributed by atoms with Gasteiger partial charge in [0, 0.05) is 12.1 Å². The molecule has 0 radical (unpaired) electrons. The van der Waals surface area contributed by atoms with Crippen molar-refractivity contribution in [3.8, 4) is 0 Å². The fourth-order valence-electron chi connectivity index (χ4n) is 8.30. The molecule has 5 heteroatoms. The van der Waals surface area contributed by atoms with E-state index in [-0.39, 0.29) is 18.0 Å². The number of fused-ring (bicyclic) bond motifs is 4. The molecular weight excluding hydrogens is 425 g/mol. The molecule has 7 unspecified atom stereocenters. The summed E-state index contributed by atoms with van der Waals surface area (Å²) in [7, 11) is 0. The number of hydrogen-bond donors (Lipinski definition) is 0. The smallest absolute Gasteiger partial charge is 0.157 e. The van der Waals surface area contributed by atoms with Gasteiger partial charge in [-0.1, -0.05) is 40.5 Å². The summed E-state index contributed by atoms with van der Waals surface area (Å²) in [6, 6.07) is 3.83. The van der Waals surface area contributed by atoms with Crippen molar-refractivity contribution < 1.29 is 9.18 Å². The normalized spacial score (nSPS) is 34.7. The van der Waals surface area contributed by atoms with E-state index in [0.717, 1.165) is 42.1 Å². The van der Waals surface area contributed by atoms with Gasteiger partial charge in [0.1, 0.15) is 11.0 Å². The molecule has 4 nitrogen and oxygen atoms in total. The van der Waals surface area contributed by atoms with Crippen molar-refractivity contribution in [2.75, 3.05) is 6.67 Å². The van der Waals surface area contributed by atoms with Crippen molar-refractivity contribution in [3.63, 3.8) is 0 Å². The number of hydrogen-bond acceptors (Lipinski definition) is 3. The second kappa shape index (κ2) is 10.9. The maximum absolute atomic E-state index is 13.5. The van der Waals surface area contributed by atoms with E-state index in [0.29, 0.717) is 30.1 Å². The third-order valence-electron chi connectivity index (χ3n) is 9.65. The highest BCUT2D eigenvalue weighted by Crippen LogP contribution is 2.63. The van der Waals surface area contributed by atoms with Crippen molar-refractivity contribution >= 4 is 16.8 Å². The molecule has 3 aliphatic rings. The summed E-state index contributed by atoms with van der Waals surface area (Å²) in [4.78, 5) is 17.8. The summed E-state index contributed by atoms with van der Waals surface area (Å²) in [5, 5.41) is 4.58. The van der Waals surface area contributed by atoms with E-state index in [1.807, 2.05) is 32.2 Å². The number of carbonyl (C=O) groups is 1. The number of pyridine rings is 1. The molecule has 0 aromatic carbocycles. The van der Waals surface area contributed by atoms with E-state index in [1.54, 1.807) is 10.9 Å². The Morgan fingerprint density at radius 2 is 1.94 bits per heavy atom. The van der Waals surface area contributed by atoms with Crippen molar-refractivity contribution in [2.24, 2.45) is 40.9 Å². The lowest BCUT2D eigenvalue weighted by atomic mass is 9.50. The molecule has 3 aliphatic carbocycles. The van der Waals surface area contributed by atoms with Gasteiger partial charge in [-0.15, -0.1) is 0 Å². The fourth-order valence-corrected chi connectivity index (χ4v) is 8.30. The highest BCUT2D eigenvalue weighted by molar-refractivity contribution is 5.82. The second-order valence-corrected chi connectivity index (χ2v) is 11.1. The Hall–Kier alpha value is -1.78. The number of alkyl halides is 1. The minimum Gasteiger partial charge on any atom is -0.297 e. The second-order valence-electron chi connectivity index (χ2n) is 11.1. The topological polar surface area (TPSA) is 47.8 Å². The number of carbonyl (C=O) groups excluding carboxylic acids is 1. The third kappa shape index (κ3) is 4.56. The van der Waals surface area contributed by atoms with E-state index in [4.69, 9.17) is 0 Å². The molecule has 7 atom stereocenters. The molecular formula is C29H44FN3O. The van der Waals surface area contributed by atoms with Crippen molar-refractivity contribution in [1.29, 1.82) is 0 Å². The Morgan fingerprint density at radius 1 is 1.12 bits per heavy atom. The highest BCUT2D eigenvalue weighted by Gasteiger charge is 2.57. The number of aromatic nitrogens is 3. The van der Waals surface area contributed by atoms with Crippen LogP contribution >= 0.6 is 0 Å². The van der Waals surface area contributed by atoms with E-state index < -0.39 is 0 Å². The minimum absolute atomic E-state index is 0.118. The molecule has 0 bridgehead atoms. The largest absolute Gasteiger partial charge is 0.297 e. The van der Waals surface area contributed by atoms with Crippen LogP contribution in [-0.2, 0) is 11.3 Å². The van der Waals surface area contributed by atoms with Crippen molar-refractivity contribution in [3.05, 3.63) is 24.5 Å². The van der Waals surface area contributed by atoms with Crippen LogP contribution in [0.15, 0.2) is 24.5 Å². The first-order chi connectivity index (χ1) is 16.5. The van der Waals surface area contributed by atoms with Gasteiger partial charge in [-0.05, 0) is 92.1 Å². The first kappa shape index (κ1) is 25.3. The Balaban J connectivity index is 0.00000133. The van der Waals surface area contributed by atoms with Crippen LogP contribution in [0, 0.1) is 40.9 Å². The van der Waals surface area contributed by atoms with Crippen LogP contribution in [-0.4, -0.2) is 27.2 Å². The van der Waals surface area contributed by atoms with Gasteiger partial charge in [0.25, 0.3) is 0 Å². The average Bonchev–Trinajstić information content (AvgIpc) is 3.42. The van der Waals surface area contributed by atoms with E-state index in [2.05, 4.69) is 23.9 Å². The van der Waals surface area contributed by atoms with Crippen molar-refractivity contribution in [1.82, 2.24) is 14.8 Å². The van der Waals surface area contributed by atoms with Gasteiger partial charge in [-0.25, -0.2) is 0 Å². The fraction of sp³-hybridized carbons (Fsp3) is 0.759. The van der Waals surface area contributed by atoms with Crippen LogP contribution in [0.25, 0.3) is 11.0 Å². The Labute approximate surface area is 205 Å². The Bertz CT molecular complexity index is 925. The maximum Gasteiger partial charge on any atom is 0.157 e. The van der Waals surface area contributed by atoms with Gasteiger partial charge < -0.3 is 0 Å². The van der Waals surface area contributed by atoms with Gasteiger partial charge in [-0.2, -0.15) is 5.10 Å². The number of rotatable bonds is 7. The van der Waals surface area contributed by atoms with Crippen LogP contribution in [0.5, 0.6) is 0 Å². The average molecular weight is 470 g/mol. The van der Waals surface area contributed by atoms with Crippen LogP contribution in [0.4, 0.5) is 4.39 Å². The molecule has 188 valence electrons. The maximum atomic E-state index is 13.5. The summed E-state index contributed by atoms with van der Waals surface area (Å²) in [5.74, 6) is 3.88. The van der Waals surface area contributed by atoms with Gasteiger partial charge >= 0.3 is 0 Å². The molecule has 2 heterocycles. The molecule has 2 aromatic rings. The Morgan fingerprint density at radius 3 is 2.68 bits per heavy atom. The SMILES string of the molecule is CC.CCCC1C(CCF)CCC2C1CCC1(C)C(C(=O)Cn3cc4ncccc4n3)CCC21. The standard InChI is InChI=1S/C27H38FN3O.C2H6/c1-3-5-19-18(12-14-28)7-8-21-20(19)11-13-27(2)22(21)9-10-23(27)26(32)17-31-16-25-24(30-31)6-4-15-29-25;1-2/h4,6,15-16,18-23H,3,5,7-14,17H2,1-2H3;1-2H3. The quantitative estimate of drug-likeness (QED) is 0.428. The number of nitrogens with zero attached hydrogens (tertiary/aromatic N) is 3. The molecule has 0 amide bonds. The summed E-state index contributed by atoms with van der Waals surface area (Å²) in [5.41, 5.74) is 1.82. The zero-order valence-electron chi connectivity index (χ0n) is 21.7. The molecule has 5 rings (SSSR count). The molecule has 0 saturated heterocycles. The molecule has 3 fully saturated rings. The first-order valence-corrected chi connectivity index (χ1v) is 13.9. The van der Waals surface area contributed by atoms with E-state index in [9.17, 15) is 9.18 Å². The predicted molar refractivity (Wildman–Crippen MR) is 136 cm³/mol. The lowest BCUT2D eigenvalue weighted by molar-refractivity contribution is -0.130. The zero-order chi connectivity index (χ0) is 24.3. The lowest BCUT2D eigenvalue weighted by Crippen LogP contribution is -2.48. The van der Waals surface area contributed by atoms with Gasteiger partial charge in [0.2, 0.25) is 0 Å². The van der Waals surface area contributed by atoms with Crippen molar-refractivity contribution in [2.45, 2.75) is 92.0 Å². The lowest BCUT2D eigenvalue weighted by Gasteiger charge is -2.54. The monoisotopic (exact) mass is 469 g/mol. The van der Waals surface area contributed by atoms with Crippen LogP contribution in [0.2, 0.25) is 0 Å². The van der Waals surface area contributed by atoms with Gasteiger partial charge in [0.05, 0.1) is 19.4 Å². The minimum atomic E-state index is -0.169. The van der Waals surface area contributed by atoms with Gasteiger partial charge in [0.15, 0.2) is 5.78 Å².